The minimum absolute atomic E-state index is 0.0106. The first-order valence-corrected chi connectivity index (χ1v) is 11.2. The Morgan fingerprint density at radius 2 is 1.67 bits per heavy atom. The number of amides is 2. The van der Waals surface area contributed by atoms with Gasteiger partial charge in [-0.2, -0.15) is 0 Å². The lowest BCUT2D eigenvalue weighted by molar-refractivity contribution is -0.145. The molecule has 2 amide bonds. The van der Waals surface area contributed by atoms with E-state index in [1.54, 1.807) is 0 Å². The van der Waals surface area contributed by atoms with E-state index in [-0.39, 0.29) is 32.2 Å². The lowest BCUT2D eigenvalue weighted by atomic mass is 9.88. The molecule has 2 saturated carbocycles. The monoisotopic (exact) mass is 462 g/mol. The third-order valence-corrected chi connectivity index (χ3v) is 6.04. The van der Waals surface area contributed by atoms with Crippen molar-refractivity contribution in [1.82, 2.24) is 10.6 Å². The van der Waals surface area contributed by atoms with E-state index in [1.807, 2.05) is 6.92 Å². The molecule has 9 heteroatoms. The molecule has 9 nitrogen and oxygen atoms in total. The SMILES string of the molecule is C=CCOC(=O)C[C@H](CCC)NC(=O)[C@]1(NC(=O)OCC=C)CC[C@H]2C(C(=O)OCC=C)[C@H]21. The molecule has 2 rings (SSSR count). The molecule has 182 valence electrons. The summed E-state index contributed by atoms with van der Waals surface area (Å²) in [4.78, 5) is 50.5. The Morgan fingerprint density at radius 3 is 2.30 bits per heavy atom. The van der Waals surface area contributed by atoms with Crippen LogP contribution in [-0.4, -0.2) is 55.3 Å². The lowest BCUT2D eigenvalue weighted by Gasteiger charge is -2.33. The molecule has 0 saturated heterocycles. The average molecular weight is 463 g/mol. The molecular formula is C24H34N2O7. The normalized spacial score (nSPS) is 25.5. The first-order chi connectivity index (χ1) is 15.8. The van der Waals surface area contributed by atoms with Gasteiger partial charge in [-0.3, -0.25) is 14.4 Å². The van der Waals surface area contributed by atoms with Gasteiger partial charge in [0.2, 0.25) is 5.91 Å². The molecule has 0 aromatic rings. The van der Waals surface area contributed by atoms with Crippen LogP contribution in [0.2, 0.25) is 0 Å². The minimum atomic E-state index is -1.34. The fourth-order valence-electron chi connectivity index (χ4n) is 4.64. The van der Waals surface area contributed by atoms with Crippen LogP contribution in [0.1, 0.15) is 39.0 Å². The lowest BCUT2D eigenvalue weighted by Crippen LogP contribution is -2.61. The summed E-state index contributed by atoms with van der Waals surface area (Å²) in [5.41, 5.74) is -1.34. The van der Waals surface area contributed by atoms with E-state index in [9.17, 15) is 19.2 Å². The zero-order chi connectivity index (χ0) is 24.4. The molecule has 33 heavy (non-hydrogen) atoms. The summed E-state index contributed by atoms with van der Waals surface area (Å²) < 4.78 is 15.3. The number of carbonyl (C=O) groups excluding carboxylic acids is 4. The fourth-order valence-corrected chi connectivity index (χ4v) is 4.64. The van der Waals surface area contributed by atoms with Crippen LogP contribution in [0.25, 0.3) is 0 Å². The molecular weight excluding hydrogens is 428 g/mol. The summed E-state index contributed by atoms with van der Waals surface area (Å²) in [6, 6.07) is -0.480. The molecule has 0 aromatic heterocycles. The second-order valence-corrected chi connectivity index (χ2v) is 8.29. The average Bonchev–Trinajstić information content (AvgIpc) is 3.41. The number of ether oxygens (including phenoxy) is 3. The second kappa shape index (κ2) is 12.2. The first-order valence-electron chi connectivity index (χ1n) is 11.2. The Bertz CT molecular complexity index is 781. The molecule has 0 radical (unpaired) electrons. The predicted molar refractivity (Wildman–Crippen MR) is 121 cm³/mol. The Hall–Kier alpha value is -3.10. The van der Waals surface area contributed by atoms with Crippen molar-refractivity contribution in [3.05, 3.63) is 38.0 Å². The van der Waals surface area contributed by atoms with Crippen LogP contribution >= 0.6 is 0 Å². The molecule has 0 bridgehead atoms. The number of hydrogen-bond donors (Lipinski definition) is 2. The van der Waals surface area contributed by atoms with Crippen molar-refractivity contribution in [3.63, 3.8) is 0 Å². The summed E-state index contributed by atoms with van der Waals surface area (Å²) in [5.74, 6) is -2.30. The quantitative estimate of drug-likeness (QED) is 0.231. The molecule has 2 fully saturated rings. The molecule has 0 aliphatic heterocycles. The number of carbonyl (C=O) groups is 4. The molecule has 2 aliphatic carbocycles. The van der Waals surface area contributed by atoms with Crippen molar-refractivity contribution in [3.8, 4) is 0 Å². The standard InChI is InChI=1S/C24H34N2O7/c1-5-9-16(15-18(27)31-12-6-2)25-22(29)24(26-23(30)33-14-8-4)11-10-17-19(20(17)24)21(28)32-13-7-3/h6-8,16-17,19-20H,2-5,9-15H2,1H3,(H,25,29)(H,26,30)/t16-,17-,19?,20-,24-/m0/s1. The summed E-state index contributed by atoms with van der Waals surface area (Å²) in [6.45, 7) is 12.6. The molecule has 5 atom stereocenters. The van der Waals surface area contributed by atoms with E-state index in [2.05, 4.69) is 30.4 Å². The molecule has 0 heterocycles. The van der Waals surface area contributed by atoms with Crippen molar-refractivity contribution >= 4 is 23.9 Å². The third-order valence-electron chi connectivity index (χ3n) is 6.04. The van der Waals surface area contributed by atoms with Gasteiger partial charge in [0.25, 0.3) is 0 Å². The van der Waals surface area contributed by atoms with Crippen LogP contribution < -0.4 is 10.6 Å². The van der Waals surface area contributed by atoms with Gasteiger partial charge >= 0.3 is 18.0 Å². The van der Waals surface area contributed by atoms with Crippen molar-refractivity contribution in [2.24, 2.45) is 17.8 Å². The fraction of sp³-hybridized carbons (Fsp3) is 0.583. The second-order valence-electron chi connectivity index (χ2n) is 8.29. The van der Waals surface area contributed by atoms with Gasteiger partial charge in [0, 0.05) is 12.0 Å². The maximum absolute atomic E-state index is 13.5. The van der Waals surface area contributed by atoms with Gasteiger partial charge in [-0.25, -0.2) is 4.79 Å². The van der Waals surface area contributed by atoms with E-state index >= 15 is 0 Å². The molecule has 2 N–H and O–H groups in total. The van der Waals surface area contributed by atoms with Crippen molar-refractivity contribution in [2.75, 3.05) is 19.8 Å². The Balaban J connectivity index is 2.19. The van der Waals surface area contributed by atoms with Gasteiger partial charge in [-0.05, 0) is 25.2 Å². The van der Waals surface area contributed by atoms with Gasteiger partial charge in [-0.15, -0.1) is 0 Å². The summed E-state index contributed by atoms with van der Waals surface area (Å²) in [5, 5.41) is 5.62. The smallest absolute Gasteiger partial charge is 0.408 e. The van der Waals surface area contributed by atoms with Gasteiger partial charge < -0.3 is 24.8 Å². The molecule has 2 aliphatic rings. The van der Waals surface area contributed by atoms with Gasteiger partial charge in [0.1, 0.15) is 25.4 Å². The first kappa shape index (κ1) is 26.2. The van der Waals surface area contributed by atoms with Crippen molar-refractivity contribution in [2.45, 2.75) is 50.6 Å². The summed E-state index contributed by atoms with van der Waals surface area (Å²) >= 11 is 0. The summed E-state index contributed by atoms with van der Waals surface area (Å²) in [7, 11) is 0. The van der Waals surface area contributed by atoms with Crippen LogP contribution in [0.4, 0.5) is 4.79 Å². The highest BCUT2D eigenvalue weighted by Crippen LogP contribution is 2.62. The number of hydrogen-bond acceptors (Lipinski definition) is 7. The largest absolute Gasteiger partial charge is 0.461 e. The molecule has 0 aromatic carbocycles. The topological polar surface area (TPSA) is 120 Å². The number of rotatable bonds is 14. The Kier molecular flexibility index (Phi) is 9.69. The van der Waals surface area contributed by atoms with Crippen molar-refractivity contribution in [1.29, 1.82) is 0 Å². The van der Waals surface area contributed by atoms with Crippen LogP contribution in [-0.2, 0) is 28.6 Å². The highest BCUT2D eigenvalue weighted by Gasteiger charge is 2.72. The molecule has 0 spiro atoms. The number of nitrogens with one attached hydrogen (secondary N) is 2. The number of fused-ring (bicyclic) bond motifs is 1. The van der Waals surface area contributed by atoms with Crippen molar-refractivity contribution < 1.29 is 33.4 Å². The van der Waals surface area contributed by atoms with Crippen LogP contribution in [0.5, 0.6) is 0 Å². The van der Waals surface area contributed by atoms with E-state index in [0.717, 1.165) is 6.42 Å². The Labute approximate surface area is 194 Å². The highest BCUT2D eigenvalue weighted by molar-refractivity contribution is 5.94. The number of alkyl carbamates (subject to hydrolysis) is 1. The van der Waals surface area contributed by atoms with Crippen LogP contribution in [0.3, 0.4) is 0 Å². The van der Waals surface area contributed by atoms with Crippen LogP contribution in [0.15, 0.2) is 38.0 Å². The van der Waals surface area contributed by atoms with Gasteiger partial charge in [0.15, 0.2) is 0 Å². The zero-order valence-corrected chi connectivity index (χ0v) is 19.2. The maximum atomic E-state index is 13.5. The molecule has 1 unspecified atom stereocenters. The minimum Gasteiger partial charge on any atom is -0.461 e. The maximum Gasteiger partial charge on any atom is 0.408 e. The van der Waals surface area contributed by atoms with Gasteiger partial charge in [0.05, 0.1) is 12.3 Å². The van der Waals surface area contributed by atoms with E-state index < -0.39 is 47.4 Å². The van der Waals surface area contributed by atoms with E-state index in [0.29, 0.717) is 19.3 Å². The Morgan fingerprint density at radius 1 is 1.03 bits per heavy atom. The number of esters is 2. The summed E-state index contributed by atoms with van der Waals surface area (Å²) in [6.07, 6.45) is 5.78. The van der Waals surface area contributed by atoms with E-state index in [4.69, 9.17) is 14.2 Å². The third kappa shape index (κ3) is 6.46. The predicted octanol–water partition coefficient (Wildman–Crippen LogP) is 2.43. The van der Waals surface area contributed by atoms with Crippen LogP contribution in [0, 0.1) is 17.8 Å². The van der Waals surface area contributed by atoms with Gasteiger partial charge in [-0.1, -0.05) is 51.3 Å². The zero-order valence-electron chi connectivity index (χ0n) is 19.2. The van der Waals surface area contributed by atoms with E-state index in [1.165, 1.54) is 18.2 Å². The highest BCUT2D eigenvalue weighted by atomic mass is 16.5.